The predicted molar refractivity (Wildman–Crippen MR) is 165 cm³/mol. The first-order valence-electron chi connectivity index (χ1n) is 14.4. The molecule has 0 aromatic heterocycles. The van der Waals surface area contributed by atoms with Gasteiger partial charge in [0.15, 0.2) is 0 Å². The molecule has 41 heavy (non-hydrogen) atoms. The normalized spacial score (nSPS) is 16.7. The van der Waals surface area contributed by atoms with E-state index >= 15 is 0 Å². The number of hydrogen-bond acceptors (Lipinski definition) is 5. The van der Waals surface area contributed by atoms with E-state index < -0.39 is 16.1 Å². The minimum Gasteiger partial charge on any atom is -0.340 e. The number of hydrogen-bond donors (Lipinski definition) is 1. The van der Waals surface area contributed by atoms with Crippen molar-refractivity contribution in [2.24, 2.45) is 5.73 Å². The molecule has 0 bridgehead atoms. The van der Waals surface area contributed by atoms with Gasteiger partial charge in [0, 0.05) is 39.3 Å². The van der Waals surface area contributed by atoms with Gasteiger partial charge in [-0.1, -0.05) is 77.9 Å². The maximum Gasteiger partial charge on any atom is 0.243 e. The van der Waals surface area contributed by atoms with E-state index in [2.05, 4.69) is 13.8 Å². The number of amides is 2. The van der Waals surface area contributed by atoms with Gasteiger partial charge in [-0.05, 0) is 45.6 Å². The molecule has 2 N–H and O–H groups in total. The van der Waals surface area contributed by atoms with Crippen molar-refractivity contribution in [3.05, 3.63) is 64.2 Å². The third-order valence-electron chi connectivity index (χ3n) is 8.13. The summed E-state index contributed by atoms with van der Waals surface area (Å²) in [5, 5.41) is 0. The SMILES string of the molecule is CC(C)c1cc(C(C)C)c(S(=O)(=O)N2CCN(C(=O)C[C@H](N)C(=O)N3Cc4ccccc4C3)CC2)c(C(C)C)c1.Cl. The van der Waals surface area contributed by atoms with Crippen LogP contribution in [0.4, 0.5) is 0 Å². The van der Waals surface area contributed by atoms with Crippen molar-refractivity contribution in [1.29, 1.82) is 0 Å². The lowest BCUT2D eigenvalue weighted by Gasteiger charge is -2.36. The van der Waals surface area contributed by atoms with E-state index in [0.29, 0.717) is 23.9 Å². The first kappa shape index (κ1) is 33.0. The van der Waals surface area contributed by atoms with Crippen LogP contribution in [0.2, 0.25) is 0 Å². The number of rotatable bonds is 8. The van der Waals surface area contributed by atoms with Crippen molar-refractivity contribution in [1.82, 2.24) is 14.1 Å². The molecule has 2 aliphatic heterocycles. The molecule has 1 saturated heterocycles. The van der Waals surface area contributed by atoms with Crippen LogP contribution in [0.5, 0.6) is 0 Å². The maximum atomic E-state index is 14.1. The summed E-state index contributed by atoms with van der Waals surface area (Å²) in [6, 6.07) is 11.1. The molecular weight excluding hydrogens is 560 g/mol. The predicted octanol–water partition coefficient (Wildman–Crippen LogP) is 4.57. The molecular formula is C31H45ClN4O4S. The van der Waals surface area contributed by atoms with Crippen LogP contribution in [0, 0.1) is 0 Å². The van der Waals surface area contributed by atoms with Gasteiger partial charge in [0.2, 0.25) is 21.8 Å². The van der Waals surface area contributed by atoms with Crippen LogP contribution in [0.1, 0.15) is 93.5 Å². The van der Waals surface area contributed by atoms with Gasteiger partial charge >= 0.3 is 0 Å². The third kappa shape index (κ3) is 6.96. The zero-order chi connectivity index (χ0) is 29.4. The molecule has 4 rings (SSSR count). The first-order valence-corrected chi connectivity index (χ1v) is 15.8. The summed E-state index contributed by atoms with van der Waals surface area (Å²) in [4.78, 5) is 29.8. The fourth-order valence-electron chi connectivity index (χ4n) is 5.62. The second-order valence-corrected chi connectivity index (χ2v) is 13.9. The average molecular weight is 605 g/mol. The average Bonchev–Trinajstić information content (AvgIpc) is 3.36. The monoisotopic (exact) mass is 604 g/mol. The van der Waals surface area contributed by atoms with Gasteiger partial charge in [-0.15, -0.1) is 12.4 Å². The topological polar surface area (TPSA) is 104 Å². The molecule has 0 radical (unpaired) electrons. The molecule has 2 aliphatic rings. The zero-order valence-electron chi connectivity index (χ0n) is 25.1. The van der Waals surface area contributed by atoms with E-state index in [0.717, 1.165) is 27.8 Å². The van der Waals surface area contributed by atoms with Crippen molar-refractivity contribution < 1.29 is 18.0 Å². The number of nitrogens with zero attached hydrogens (tertiary/aromatic N) is 3. The Balaban J connectivity index is 0.00000462. The van der Waals surface area contributed by atoms with Gasteiger partial charge in [0.25, 0.3) is 0 Å². The van der Waals surface area contributed by atoms with Crippen LogP contribution in [0.3, 0.4) is 0 Å². The summed E-state index contributed by atoms with van der Waals surface area (Å²) >= 11 is 0. The second kappa shape index (κ2) is 13.2. The van der Waals surface area contributed by atoms with E-state index in [-0.39, 0.29) is 68.7 Å². The van der Waals surface area contributed by atoms with Crippen LogP contribution in [-0.2, 0) is 32.7 Å². The lowest BCUT2D eigenvalue weighted by Crippen LogP contribution is -2.52. The Morgan fingerprint density at radius 2 is 1.29 bits per heavy atom. The van der Waals surface area contributed by atoms with Crippen molar-refractivity contribution in [2.45, 2.75) is 89.7 Å². The van der Waals surface area contributed by atoms with Crippen molar-refractivity contribution in [2.75, 3.05) is 26.2 Å². The number of carbonyl (C=O) groups excluding carboxylic acids is 2. The molecule has 10 heteroatoms. The van der Waals surface area contributed by atoms with Crippen LogP contribution in [0.15, 0.2) is 41.3 Å². The highest BCUT2D eigenvalue weighted by atomic mass is 35.5. The standard InChI is InChI=1S/C31H44N4O4S.ClH/c1-20(2)25-15-26(21(3)4)30(27(16-25)22(5)6)40(38,39)35-13-11-33(12-14-35)29(36)17-28(32)31(37)34-18-23-9-7-8-10-24(23)19-34;/h7-10,15-16,20-22,28H,11-14,17-19,32H2,1-6H3;1H/t28-;/m0./s1. The summed E-state index contributed by atoms with van der Waals surface area (Å²) < 4.78 is 29.6. The van der Waals surface area contributed by atoms with E-state index in [1.54, 1.807) is 9.80 Å². The van der Waals surface area contributed by atoms with Gasteiger partial charge in [-0.25, -0.2) is 8.42 Å². The van der Waals surface area contributed by atoms with Gasteiger partial charge in [-0.3, -0.25) is 9.59 Å². The van der Waals surface area contributed by atoms with E-state index in [9.17, 15) is 18.0 Å². The minimum absolute atomic E-state index is 0. The van der Waals surface area contributed by atoms with Crippen molar-refractivity contribution in [3.8, 4) is 0 Å². The molecule has 1 fully saturated rings. The van der Waals surface area contributed by atoms with Gasteiger partial charge in [0.05, 0.1) is 17.4 Å². The Morgan fingerprint density at radius 1 is 0.805 bits per heavy atom. The van der Waals surface area contributed by atoms with Crippen LogP contribution < -0.4 is 5.73 Å². The Labute approximate surface area is 251 Å². The summed E-state index contributed by atoms with van der Waals surface area (Å²) in [5.41, 5.74) is 11.2. The number of sulfonamides is 1. The fraction of sp³-hybridized carbons (Fsp3) is 0.548. The number of carbonyl (C=O) groups is 2. The van der Waals surface area contributed by atoms with E-state index in [1.165, 1.54) is 4.31 Å². The third-order valence-corrected chi connectivity index (χ3v) is 10.2. The number of benzene rings is 2. The molecule has 0 unspecified atom stereocenters. The van der Waals surface area contributed by atoms with E-state index in [4.69, 9.17) is 5.73 Å². The molecule has 0 spiro atoms. The summed E-state index contributed by atoms with van der Waals surface area (Å²) in [7, 11) is -3.77. The molecule has 226 valence electrons. The molecule has 2 aromatic carbocycles. The Kier molecular flexibility index (Phi) is 10.7. The second-order valence-electron chi connectivity index (χ2n) is 12.1. The Hall–Kier alpha value is -2.46. The molecule has 0 aliphatic carbocycles. The molecule has 1 atom stereocenters. The Bertz CT molecular complexity index is 1310. The Morgan fingerprint density at radius 3 is 1.73 bits per heavy atom. The molecule has 0 saturated carbocycles. The molecule has 8 nitrogen and oxygen atoms in total. The largest absolute Gasteiger partial charge is 0.340 e. The molecule has 2 amide bonds. The summed E-state index contributed by atoms with van der Waals surface area (Å²) in [6.07, 6.45) is -0.0932. The summed E-state index contributed by atoms with van der Waals surface area (Å²) in [5.74, 6) is -0.0717. The highest BCUT2D eigenvalue weighted by Gasteiger charge is 2.36. The van der Waals surface area contributed by atoms with Gasteiger partial charge in [-0.2, -0.15) is 4.31 Å². The lowest BCUT2D eigenvalue weighted by molar-refractivity contribution is -0.139. The quantitative estimate of drug-likeness (QED) is 0.475. The van der Waals surface area contributed by atoms with Crippen LogP contribution in [-0.4, -0.2) is 66.6 Å². The number of halogens is 1. The zero-order valence-corrected chi connectivity index (χ0v) is 26.7. The maximum absolute atomic E-state index is 14.1. The number of fused-ring (bicyclic) bond motifs is 1. The van der Waals surface area contributed by atoms with Gasteiger partial charge < -0.3 is 15.5 Å². The van der Waals surface area contributed by atoms with Crippen molar-refractivity contribution >= 4 is 34.2 Å². The molecule has 2 aromatic rings. The van der Waals surface area contributed by atoms with Crippen LogP contribution in [0.25, 0.3) is 0 Å². The minimum atomic E-state index is -3.77. The van der Waals surface area contributed by atoms with E-state index in [1.807, 2.05) is 64.1 Å². The number of piperazine rings is 1. The van der Waals surface area contributed by atoms with Crippen molar-refractivity contribution in [3.63, 3.8) is 0 Å². The highest BCUT2D eigenvalue weighted by Crippen LogP contribution is 2.37. The smallest absolute Gasteiger partial charge is 0.243 e. The fourth-order valence-corrected chi connectivity index (χ4v) is 7.71. The first-order chi connectivity index (χ1) is 18.8. The highest BCUT2D eigenvalue weighted by molar-refractivity contribution is 7.89. The molecule has 2 heterocycles. The lowest BCUT2D eigenvalue weighted by atomic mass is 9.89. The number of nitrogens with two attached hydrogens (primary N) is 1. The van der Waals surface area contributed by atoms with Crippen LogP contribution >= 0.6 is 12.4 Å². The summed E-state index contributed by atoms with van der Waals surface area (Å²) in [6.45, 7) is 14.3. The van der Waals surface area contributed by atoms with Gasteiger partial charge in [0.1, 0.15) is 0 Å².